The minimum absolute atomic E-state index is 0.0135. The van der Waals surface area contributed by atoms with Crippen molar-refractivity contribution in [3.63, 3.8) is 0 Å². The van der Waals surface area contributed by atoms with Crippen molar-refractivity contribution < 1.29 is 27.6 Å². The zero-order valence-electron chi connectivity index (χ0n) is 15.2. The summed E-state index contributed by atoms with van der Waals surface area (Å²) in [6.45, 7) is -0.865. The first kappa shape index (κ1) is 18.4. The molecule has 0 N–H and O–H groups in total. The maximum absolute atomic E-state index is 13.0. The van der Waals surface area contributed by atoms with Crippen LogP contribution in [0, 0.1) is 6.92 Å². The van der Waals surface area contributed by atoms with Crippen LogP contribution in [0.1, 0.15) is 41.1 Å². The summed E-state index contributed by atoms with van der Waals surface area (Å²) in [4.78, 5) is 28.8. The van der Waals surface area contributed by atoms with E-state index in [-0.39, 0.29) is 43.0 Å². The molecule has 2 heterocycles. The van der Waals surface area contributed by atoms with Gasteiger partial charge in [-0.25, -0.2) is 0 Å². The molecule has 0 atom stereocenters. The van der Waals surface area contributed by atoms with Gasteiger partial charge in [-0.2, -0.15) is 8.78 Å². The Morgan fingerprint density at radius 3 is 2.75 bits per heavy atom. The molecule has 0 bridgehead atoms. The van der Waals surface area contributed by atoms with Crippen molar-refractivity contribution in [1.29, 1.82) is 0 Å². The Hall–Kier alpha value is -2.97. The zero-order chi connectivity index (χ0) is 19.8. The second kappa shape index (κ2) is 7.21. The molecule has 1 saturated carbocycles. The quantitative estimate of drug-likeness (QED) is 0.801. The number of hydrogen-bond donors (Lipinski definition) is 0. The average Bonchev–Trinajstić information content (AvgIpc) is 3.38. The van der Waals surface area contributed by atoms with Crippen molar-refractivity contribution in [2.75, 3.05) is 11.4 Å². The average molecular weight is 391 g/mol. The fourth-order valence-corrected chi connectivity index (χ4v) is 3.40. The number of fused-ring (bicyclic) bond motifs is 1. The predicted octanol–water partition coefficient (Wildman–Crippen LogP) is 3.13. The number of alkyl halides is 2. The van der Waals surface area contributed by atoms with E-state index in [1.165, 1.54) is 23.1 Å². The molecule has 28 heavy (non-hydrogen) atoms. The number of aryl methyl sites for hydroxylation is 1. The van der Waals surface area contributed by atoms with Crippen molar-refractivity contribution in [1.82, 2.24) is 10.1 Å². The van der Waals surface area contributed by atoms with Crippen molar-refractivity contribution in [3.05, 3.63) is 41.3 Å². The van der Waals surface area contributed by atoms with Crippen molar-refractivity contribution >= 4 is 17.5 Å². The van der Waals surface area contributed by atoms with E-state index < -0.39 is 12.5 Å². The van der Waals surface area contributed by atoms with Crippen molar-refractivity contribution in [3.8, 4) is 5.75 Å². The fourth-order valence-electron chi connectivity index (χ4n) is 3.40. The van der Waals surface area contributed by atoms with Crippen LogP contribution in [-0.2, 0) is 11.3 Å². The molecule has 2 aromatic rings. The number of amides is 2. The monoisotopic (exact) mass is 391 g/mol. The number of hydrogen-bond acceptors (Lipinski definition) is 5. The minimum atomic E-state index is -2.96. The highest BCUT2D eigenvalue weighted by molar-refractivity contribution is 6.05. The second-order valence-electron chi connectivity index (χ2n) is 6.96. The molecule has 0 unspecified atom stereocenters. The Labute approximate surface area is 159 Å². The first-order valence-electron chi connectivity index (χ1n) is 9.05. The largest absolute Gasteiger partial charge is 0.435 e. The smallest absolute Gasteiger partial charge is 0.387 e. The normalized spacial score (nSPS) is 17.4. The molecule has 148 valence electrons. The third-order valence-corrected chi connectivity index (χ3v) is 4.85. The number of aromatic nitrogens is 1. The Bertz CT molecular complexity index is 910. The molecule has 0 radical (unpaired) electrons. The van der Waals surface area contributed by atoms with Gasteiger partial charge in [0.2, 0.25) is 11.7 Å². The van der Waals surface area contributed by atoms with Gasteiger partial charge in [0, 0.05) is 37.3 Å². The summed E-state index contributed by atoms with van der Waals surface area (Å²) >= 11 is 0. The first-order chi connectivity index (χ1) is 13.4. The minimum Gasteiger partial charge on any atom is -0.435 e. The highest BCUT2D eigenvalue weighted by atomic mass is 19.3. The van der Waals surface area contributed by atoms with Gasteiger partial charge in [0.15, 0.2) is 0 Å². The summed E-state index contributed by atoms with van der Waals surface area (Å²) in [6, 6.07) is 6.10. The maximum atomic E-state index is 13.0. The van der Waals surface area contributed by atoms with Gasteiger partial charge in [0.25, 0.3) is 5.91 Å². The van der Waals surface area contributed by atoms with Crippen molar-refractivity contribution in [2.45, 2.75) is 45.4 Å². The Kier molecular flexibility index (Phi) is 4.74. The van der Waals surface area contributed by atoms with Gasteiger partial charge in [-0.05, 0) is 43.5 Å². The third-order valence-electron chi connectivity index (χ3n) is 4.85. The summed E-state index contributed by atoms with van der Waals surface area (Å²) < 4.78 is 34.8. The number of carbonyl (C=O) groups excluding carboxylic acids is 2. The lowest BCUT2D eigenvalue weighted by atomic mass is 10.1. The second-order valence-corrected chi connectivity index (χ2v) is 6.96. The number of nitrogens with zero attached hydrogens (tertiary/aromatic N) is 3. The van der Waals surface area contributed by atoms with E-state index in [0.717, 1.165) is 12.8 Å². The SMILES string of the molecule is Cc1cc(C(=O)N2CCC(=O)N(C3CC3)Cc3cc(OC(F)F)ccc32)on1. The van der Waals surface area contributed by atoms with Crippen LogP contribution in [0.15, 0.2) is 28.8 Å². The van der Waals surface area contributed by atoms with E-state index >= 15 is 0 Å². The van der Waals surface area contributed by atoms with Crippen LogP contribution in [0.3, 0.4) is 0 Å². The van der Waals surface area contributed by atoms with Gasteiger partial charge in [-0.1, -0.05) is 5.16 Å². The topological polar surface area (TPSA) is 75.9 Å². The van der Waals surface area contributed by atoms with E-state index in [1.807, 2.05) is 0 Å². The molecule has 1 aromatic heterocycles. The lowest BCUT2D eigenvalue weighted by Gasteiger charge is -2.32. The molecular weight excluding hydrogens is 372 g/mol. The molecule has 0 spiro atoms. The van der Waals surface area contributed by atoms with Crippen LogP contribution in [0.2, 0.25) is 0 Å². The molecular formula is C19H19F2N3O4. The van der Waals surface area contributed by atoms with E-state index in [2.05, 4.69) is 9.89 Å². The summed E-state index contributed by atoms with van der Waals surface area (Å²) in [7, 11) is 0. The standard InChI is InChI=1S/C19H19F2N3O4/c1-11-8-16(28-22-11)18(26)23-7-6-17(25)24(13-2-3-13)10-12-9-14(27-19(20)21)4-5-15(12)23/h4-5,8-9,13,19H,2-3,6-7,10H2,1H3. The predicted molar refractivity (Wildman–Crippen MR) is 94.2 cm³/mol. The number of ether oxygens (including phenoxy) is 1. The van der Waals surface area contributed by atoms with Crippen LogP contribution >= 0.6 is 0 Å². The molecule has 9 heteroatoms. The summed E-state index contributed by atoms with van der Waals surface area (Å²) in [5, 5.41) is 3.73. The number of halogens is 2. The van der Waals surface area contributed by atoms with Crippen LogP contribution in [0.25, 0.3) is 0 Å². The fraction of sp³-hybridized carbons (Fsp3) is 0.421. The van der Waals surface area contributed by atoms with Gasteiger partial charge in [-0.15, -0.1) is 0 Å². The Morgan fingerprint density at radius 1 is 1.32 bits per heavy atom. The summed E-state index contributed by atoms with van der Waals surface area (Å²) in [5.74, 6) is -0.458. The molecule has 2 amide bonds. The molecule has 4 rings (SSSR count). The molecule has 2 aliphatic rings. The number of carbonyl (C=O) groups is 2. The summed E-state index contributed by atoms with van der Waals surface area (Å²) in [6.07, 6.45) is 2.02. The van der Waals surface area contributed by atoms with E-state index in [1.54, 1.807) is 17.9 Å². The highest BCUT2D eigenvalue weighted by Crippen LogP contribution is 2.35. The van der Waals surface area contributed by atoms with Gasteiger partial charge in [-0.3, -0.25) is 9.59 Å². The maximum Gasteiger partial charge on any atom is 0.387 e. The van der Waals surface area contributed by atoms with Crippen LogP contribution in [-0.4, -0.2) is 41.1 Å². The number of benzene rings is 1. The Morgan fingerprint density at radius 2 is 2.11 bits per heavy atom. The zero-order valence-corrected chi connectivity index (χ0v) is 15.2. The number of rotatable bonds is 4. The van der Waals surface area contributed by atoms with E-state index in [4.69, 9.17) is 4.52 Å². The van der Waals surface area contributed by atoms with Gasteiger partial charge in [0.05, 0.1) is 5.69 Å². The molecule has 7 nitrogen and oxygen atoms in total. The Balaban J connectivity index is 1.73. The van der Waals surface area contributed by atoms with Gasteiger partial charge in [0.1, 0.15) is 5.75 Å². The highest BCUT2D eigenvalue weighted by Gasteiger charge is 2.36. The molecule has 1 aliphatic carbocycles. The first-order valence-corrected chi connectivity index (χ1v) is 9.05. The lowest BCUT2D eigenvalue weighted by Crippen LogP contribution is -2.41. The molecule has 1 aromatic carbocycles. The van der Waals surface area contributed by atoms with E-state index in [0.29, 0.717) is 16.9 Å². The van der Waals surface area contributed by atoms with Crippen LogP contribution in [0.4, 0.5) is 14.5 Å². The third kappa shape index (κ3) is 3.69. The number of anilines is 1. The van der Waals surface area contributed by atoms with Crippen LogP contribution in [0.5, 0.6) is 5.75 Å². The van der Waals surface area contributed by atoms with E-state index in [9.17, 15) is 18.4 Å². The van der Waals surface area contributed by atoms with Gasteiger partial charge >= 0.3 is 6.61 Å². The van der Waals surface area contributed by atoms with Gasteiger partial charge < -0.3 is 19.1 Å². The lowest BCUT2D eigenvalue weighted by molar-refractivity contribution is -0.132. The molecule has 1 aliphatic heterocycles. The molecule has 1 fully saturated rings. The molecule has 0 saturated heterocycles. The summed E-state index contributed by atoms with van der Waals surface area (Å²) in [5.41, 5.74) is 1.67. The van der Waals surface area contributed by atoms with Crippen LogP contribution < -0.4 is 9.64 Å². The van der Waals surface area contributed by atoms with Crippen molar-refractivity contribution in [2.24, 2.45) is 0 Å².